The topological polar surface area (TPSA) is 35.6 Å². The van der Waals surface area contributed by atoms with E-state index in [1.54, 1.807) is 6.07 Å². The molecule has 0 bridgehead atoms. The Bertz CT molecular complexity index is 654. The molecule has 3 rings (SSSR count). The third-order valence-electron chi connectivity index (χ3n) is 5.65. The smallest absolute Gasteiger partial charge is 0.371 e. The van der Waals surface area contributed by atoms with Crippen molar-refractivity contribution in [2.45, 2.75) is 51.2 Å². The Morgan fingerprint density at radius 2 is 1.85 bits per heavy atom. The van der Waals surface area contributed by atoms with Crippen molar-refractivity contribution in [3.63, 3.8) is 0 Å². The van der Waals surface area contributed by atoms with E-state index in [-0.39, 0.29) is 13.0 Å². The number of urea groups is 1. The largest absolute Gasteiger partial charge is 0.394 e. The molecule has 1 N–H and O–H groups in total. The lowest BCUT2D eigenvalue weighted by atomic mass is 9.88. The lowest BCUT2D eigenvalue weighted by Gasteiger charge is -2.36. The first-order valence-electron chi connectivity index (χ1n) is 9.20. The van der Waals surface area contributed by atoms with Gasteiger partial charge >= 0.3 is 12.2 Å². The number of rotatable bonds is 2. The zero-order valence-electron chi connectivity index (χ0n) is 15.3. The highest BCUT2D eigenvalue weighted by atomic mass is 19.4. The van der Waals surface area contributed by atoms with Gasteiger partial charge in [-0.05, 0) is 57.7 Å². The van der Waals surface area contributed by atoms with E-state index in [1.165, 1.54) is 25.2 Å². The molecule has 1 atom stereocenters. The minimum absolute atomic E-state index is 0.0578. The van der Waals surface area contributed by atoms with Gasteiger partial charge < -0.3 is 15.1 Å². The molecule has 1 aromatic rings. The van der Waals surface area contributed by atoms with Gasteiger partial charge in [-0.3, -0.25) is 0 Å². The van der Waals surface area contributed by atoms with E-state index in [0.717, 1.165) is 31.6 Å². The predicted molar refractivity (Wildman–Crippen MR) is 96.5 cm³/mol. The van der Waals surface area contributed by atoms with Crippen LogP contribution < -0.4 is 10.2 Å². The second-order valence-electron chi connectivity index (χ2n) is 7.72. The molecule has 4 nitrogen and oxygen atoms in total. The fraction of sp³-hybridized carbons (Fsp3) is 0.632. The number of halogens is 3. The summed E-state index contributed by atoms with van der Waals surface area (Å²) in [5.41, 5.74) is 0.396. The number of benzene rings is 1. The van der Waals surface area contributed by atoms with E-state index < -0.39 is 23.7 Å². The molecule has 2 aliphatic rings. The monoisotopic (exact) mass is 369 g/mol. The van der Waals surface area contributed by atoms with Crippen LogP contribution in [0.3, 0.4) is 0 Å². The molecule has 0 aliphatic carbocycles. The summed E-state index contributed by atoms with van der Waals surface area (Å²) >= 11 is 0. The minimum atomic E-state index is -4.30. The Morgan fingerprint density at radius 1 is 1.15 bits per heavy atom. The van der Waals surface area contributed by atoms with Crippen LogP contribution in [0.5, 0.6) is 0 Å². The standard InChI is InChI=1S/C19H26F3N3O/c1-18(2)16(19(20,21)22)9-12-25(18)17(26)23-14-7-6-8-15(13-14)24-10-4-3-5-11-24/h6-8,13,16H,3-5,9-12H2,1-2H3,(H,23,26)/t16-/m1/s1. The first-order chi connectivity index (χ1) is 12.2. The van der Waals surface area contributed by atoms with Crippen LogP contribution in [0.25, 0.3) is 0 Å². The van der Waals surface area contributed by atoms with Crippen LogP contribution in [-0.4, -0.2) is 42.3 Å². The summed E-state index contributed by atoms with van der Waals surface area (Å²) in [6.45, 7) is 5.06. The number of piperidine rings is 1. The maximum atomic E-state index is 13.2. The molecule has 2 aliphatic heterocycles. The van der Waals surface area contributed by atoms with E-state index in [1.807, 2.05) is 18.2 Å². The van der Waals surface area contributed by atoms with Gasteiger partial charge in [-0.15, -0.1) is 0 Å². The van der Waals surface area contributed by atoms with Gasteiger partial charge in [-0.25, -0.2) is 4.79 Å². The second kappa shape index (κ2) is 7.00. The van der Waals surface area contributed by atoms with E-state index in [9.17, 15) is 18.0 Å². The summed E-state index contributed by atoms with van der Waals surface area (Å²) < 4.78 is 39.6. The molecular formula is C19H26F3N3O. The molecule has 7 heteroatoms. The van der Waals surface area contributed by atoms with Crippen molar-refractivity contribution >= 4 is 17.4 Å². The number of likely N-dealkylation sites (tertiary alicyclic amines) is 1. The van der Waals surface area contributed by atoms with Gasteiger partial charge in [0, 0.05) is 31.0 Å². The third kappa shape index (κ3) is 3.76. The Morgan fingerprint density at radius 3 is 2.46 bits per heavy atom. The highest BCUT2D eigenvalue weighted by Crippen LogP contribution is 2.44. The number of amides is 2. The van der Waals surface area contributed by atoms with Crippen LogP contribution in [0.4, 0.5) is 29.3 Å². The fourth-order valence-corrected chi connectivity index (χ4v) is 4.14. The van der Waals surface area contributed by atoms with Gasteiger partial charge in [0.05, 0.1) is 11.5 Å². The van der Waals surface area contributed by atoms with Crippen molar-refractivity contribution < 1.29 is 18.0 Å². The van der Waals surface area contributed by atoms with Crippen LogP contribution in [-0.2, 0) is 0 Å². The number of hydrogen-bond acceptors (Lipinski definition) is 2. The normalized spacial score (nSPS) is 23.2. The first kappa shape index (κ1) is 18.9. The number of nitrogens with zero attached hydrogens (tertiary/aromatic N) is 2. The molecular weight excluding hydrogens is 343 g/mol. The Balaban J connectivity index is 1.70. The van der Waals surface area contributed by atoms with Crippen LogP contribution in [0, 0.1) is 5.92 Å². The average molecular weight is 369 g/mol. The quantitative estimate of drug-likeness (QED) is 0.807. The van der Waals surface area contributed by atoms with E-state index in [2.05, 4.69) is 10.2 Å². The molecule has 2 amide bonds. The zero-order valence-corrected chi connectivity index (χ0v) is 15.3. The summed E-state index contributed by atoms with van der Waals surface area (Å²) in [6, 6.07) is 7.06. The second-order valence-corrected chi connectivity index (χ2v) is 7.72. The van der Waals surface area contributed by atoms with Gasteiger partial charge in [0.1, 0.15) is 0 Å². The number of anilines is 2. The fourth-order valence-electron chi connectivity index (χ4n) is 4.14. The van der Waals surface area contributed by atoms with Gasteiger partial charge in [-0.1, -0.05) is 6.07 Å². The SMILES string of the molecule is CC1(C)[C@H](C(F)(F)F)CCN1C(=O)Nc1cccc(N2CCCCC2)c1. The molecule has 2 saturated heterocycles. The van der Waals surface area contributed by atoms with E-state index in [4.69, 9.17) is 0 Å². The lowest BCUT2D eigenvalue weighted by molar-refractivity contribution is -0.189. The summed E-state index contributed by atoms with van der Waals surface area (Å²) in [5.74, 6) is -1.50. The maximum absolute atomic E-state index is 13.2. The first-order valence-corrected chi connectivity index (χ1v) is 9.20. The number of carbonyl (C=O) groups is 1. The van der Waals surface area contributed by atoms with Gasteiger partial charge in [0.2, 0.25) is 0 Å². The molecule has 2 heterocycles. The summed E-state index contributed by atoms with van der Waals surface area (Å²) in [4.78, 5) is 16.2. The van der Waals surface area contributed by atoms with Crippen molar-refractivity contribution in [1.29, 1.82) is 0 Å². The molecule has 0 unspecified atom stereocenters. The van der Waals surface area contributed by atoms with Crippen LogP contribution in [0.2, 0.25) is 0 Å². The van der Waals surface area contributed by atoms with Crippen molar-refractivity contribution in [3.8, 4) is 0 Å². The Hall–Kier alpha value is -1.92. The van der Waals surface area contributed by atoms with Crippen molar-refractivity contribution in [3.05, 3.63) is 24.3 Å². The lowest BCUT2D eigenvalue weighted by Crippen LogP contribution is -2.51. The summed E-state index contributed by atoms with van der Waals surface area (Å²) in [7, 11) is 0. The molecule has 0 saturated carbocycles. The molecule has 0 aromatic heterocycles. The van der Waals surface area contributed by atoms with Crippen molar-refractivity contribution in [2.75, 3.05) is 29.9 Å². The highest BCUT2D eigenvalue weighted by molar-refractivity contribution is 5.90. The van der Waals surface area contributed by atoms with Crippen LogP contribution in [0.1, 0.15) is 39.5 Å². The molecule has 144 valence electrons. The maximum Gasteiger partial charge on any atom is 0.394 e. The minimum Gasteiger partial charge on any atom is -0.371 e. The number of hydrogen-bond donors (Lipinski definition) is 1. The Labute approximate surface area is 152 Å². The van der Waals surface area contributed by atoms with E-state index >= 15 is 0 Å². The van der Waals surface area contributed by atoms with Crippen molar-refractivity contribution in [1.82, 2.24) is 4.90 Å². The molecule has 1 aromatic carbocycles. The highest BCUT2D eigenvalue weighted by Gasteiger charge is 2.56. The number of alkyl halides is 3. The molecule has 0 spiro atoms. The van der Waals surface area contributed by atoms with Crippen LogP contribution in [0.15, 0.2) is 24.3 Å². The van der Waals surface area contributed by atoms with Gasteiger partial charge in [0.15, 0.2) is 0 Å². The van der Waals surface area contributed by atoms with Crippen LogP contribution >= 0.6 is 0 Å². The number of nitrogens with one attached hydrogen (secondary N) is 1. The van der Waals surface area contributed by atoms with Gasteiger partial charge in [0.25, 0.3) is 0 Å². The average Bonchev–Trinajstić information content (AvgIpc) is 2.91. The zero-order chi connectivity index (χ0) is 18.9. The molecule has 2 fully saturated rings. The Kier molecular flexibility index (Phi) is 5.08. The van der Waals surface area contributed by atoms with Gasteiger partial charge in [-0.2, -0.15) is 13.2 Å². The predicted octanol–water partition coefficient (Wildman–Crippen LogP) is 4.87. The third-order valence-corrected chi connectivity index (χ3v) is 5.65. The van der Waals surface area contributed by atoms with Crippen molar-refractivity contribution in [2.24, 2.45) is 5.92 Å². The number of carbonyl (C=O) groups excluding carboxylic acids is 1. The molecule has 26 heavy (non-hydrogen) atoms. The molecule has 0 radical (unpaired) electrons. The summed E-state index contributed by atoms with van der Waals surface area (Å²) in [6.07, 6.45) is -0.823. The summed E-state index contributed by atoms with van der Waals surface area (Å²) in [5, 5.41) is 2.78. The van der Waals surface area contributed by atoms with E-state index in [0.29, 0.717) is 5.69 Å².